The minimum atomic E-state index is -0.128. The van der Waals surface area contributed by atoms with Gasteiger partial charge in [0.2, 0.25) is 5.91 Å². The zero-order valence-electron chi connectivity index (χ0n) is 19.5. The van der Waals surface area contributed by atoms with E-state index in [0.717, 1.165) is 44.0 Å². The highest BCUT2D eigenvalue weighted by Crippen LogP contribution is 2.26. The zero-order valence-corrected chi connectivity index (χ0v) is 20.3. The van der Waals surface area contributed by atoms with Crippen LogP contribution in [0.2, 0.25) is 0 Å². The topological polar surface area (TPSA) is 87.6 Å². The molecule has 1 aliphatic rings. The van der Waals surface area contributed by atoms with Gasteiger partial charge in [-0.3, -0.25) is 9.69 Å². The SMILES string of the molecule is Cc1occc1-c1nnc(SCC(=O)Nc2ccc(N3CCN(Cc4ccccc4)CC3)cc2)o1. The molecular weight excluding hydrogens is 462 g/mol. The van der Waals surface area contributed by atoms with Crippen LogP contribution in [0.3, 0.4) is 0 Å². The fourth-order valence-corrected chi connectivity index (χ4v) is 4.63. The van der Waals surface area contributed by atoms with Crippen LogP contribution in [0.1, 0.15) is 11.3 Å². The summed E-state index contributed by atoms with van der Waals surface area (Å²) >= 11 is 1.20. The summed E-state index contributed by atoms with van der Waals surface area (Å²) in [5.74, 6) is 1.14. The van der Waals surface area contributed by atoms with Gasteiger partial charge in [-0.25, -0.2) is 0 Å². The van der Waals surface area contributed by atoms with Crippen molar-refractivity contribution in [2.24, 2.45) is 0 Å². The van der Waals surface area contributed by atoms with Crippen molar-refractivity contribution < 1.29 is 13.6 Å². The van der Waals surface area contributed by atoms with Crippen molar-refractivity contribution in [2.45, 2.75) is 18.7 Å². The van der Waals surface area contributed by atoms with Crippen molar-refractivity contribution >= 4 is 29.0 Å². The Labute approximate surface area is 208 Å². The Morgan fingerprint density at radius 1 is 1.00 bits per heavy atom. The lowest BCUT2D eigenvalue weighted by molar-refractivity contribution is -0.113. The number of nitrogens with one attached hydrogen (secondary N) is 1. The second kappa shape index (κ2) is 10.8. The number of hydrogen-bond acceptors (Lipinski definition) is 8. The first-order valence-electron chi connectivity index (χ1n) is 11.6. The Hall–Kier alpha value is -3.56. The highest BCUT2D eigenvalue weighted by Gasteiger charge is 2.18. The summed E-state index contributed by atoms with van der Waals surface area (Å²) in [6, 6.07) is 20.4. The predicted molar refractivity (Wildman–Crippen MR) is 136 cm³/mol. The van der Waals surface area contributed by atoms with Gasteiger partial charge in [0.25, 0.3) is 11.1 Å². The molecule has 1 fully saturated rings. The minimum absolute atomic E-state index is 0.128. The second-order valence-corrected chi connectivity index (χ2v) is 9.32. The van der Waals surface area contributed by atoms with Gasteiger partial charge in [-0.15, -0.1) is 10.2 Å². The Morgan fingerprint density at radius 3 is 2.49 bits per heavy atom. The van der Waals surface area contributed by atoms with Gasteiger partial charge in [-0.1, -0.05) is 42.1 Å². The summed E-state index contributed by atoms with van der Waals surface area (Å²) in [5, 5.41) is 11.3. The van der Waals surface area contributed by atoms with Crippen molar-refractivity contribution in [3.05, 3.63) is 78.3 Å². The molecule has 2 aromatic heterocycles. The first-order valence-corrected chi connectivity index (χ1v) is 12.5. The molecule has 1 amide bonds. The standard InChI is InChI=1S/C26H27N5O3S/c1-19-23(11-16-33-19)25-28-29-26(34-25)35-18-24(32)27-21-7-9-22(10-8-21)31-14-12-30(13-15-31)17-20-5-3-2-4-6-20/h2-11,16H,12-15,17-18H2,1H3,(H,27,32). The normalized spacial score (nSPS) is 14.3. The molecule has 1 aliphatic heterocycles. The largest absolute Gasteiger partial charge is 0.469 e. The van der Waals surface area contributed by atoms with Gasteiger partial charge in [-0.05, 0) is 42.8 Å². The molecule has 5 rings (SSSR count). The van der Waals surface area contributed by atoms with Gasteiger partial charge in [0.05, 0.1) is 17.6 Å². The highest BCUT2D eigenvalue weighted by atomic mass is 32.2. The predicted octanol–water partition coefficient (Wildman–Crippen LogP) is 4.69. The van der Waals surface area contributed by atoms with E-state index in [0.29, 0.717) is 16.9 Å². The first kappa shape index (κ1) is 23.2. The van der Waals surface area contributed by atoms with Crippen LogP contribution in [0.15, 0.2) is 81.0 Å². The highest BCUT2D eigenvalue weighted by molar-refractivity contribution is 7.99. The zero-order chi connectivity index (χ0) is 24.0. The molecule has 0 aliphatic carbocycles. The number of benzene rings is 2. The Bertz CT molecular complexity index is 1250. The quantitative estimate of drug-likeness (QED) is 0.357. The molecule has 2 aromatic carbocycles. The number of furan rings is 1. The molecule has 0 unspecified atom stereocenters. The van der Waals surface area contributed by atoms with E-state index in [-0.39, 0.29) is 11.7 Å². The van der Waals surface area contributed by atoms with Crippen LogP contribution in [-0.2, 0) is 11.3 Å². The average molecular weight is 490 g/mol. The van der Waals surface area contributed by atoms with Crippen LogP contribution >= 0.6 is 11.8 Å². The van der Waals surface area contributed by atoms with Crippen LogP contribution in [0.4, 0.5) is 11.4 Å². The van der Waals surface area contributed by atoms with Gasteiger partial charge in [-0.2, -0.15) is 0 Å². The Balaban J connectivity index is 1.07. The Morgan fingerprint density at radius 2 is 1.77 bits per heavy atom. The third kappa shape index (κ3) is 5.93. The van der Waals surface area contributed by atoms with Crippen LogP contribution in [0.25, 0.3) is 11.5 Å². The summed E-state index contributed by atoms with van der Waals surface area (Å²) in [4.78, 5) is 17.3. The molecule has 0 saturated carbocycles. The number of carbonyl (C=O) groups excluding carboxylic acids is 1. The fraction of sp³-hybridized carbons (Fsp3) is 0.269. The van der Waals surface area contributed by atoms with Gasteiger partial charge in [0.15, 0.2) is 0 Å². The number of carbonyl (C=O) groups is 1. The van der Waals surface area contributed by atoms with Gasteiger partial charge in [0, 0.05) is 44.1 Å². The molecule has 4 aromatic rings. The molecule has 1 saturated heterocycles. The molecule has 0 radical (unpaired) electrons. The maximum atomic E-state index is 12.4. The summed E-state index contributed by atoms with van der Waals surface area (Å²) in [6.07, 6.45) is 1.58. The smallest absolute Gasteiger partial charge is 0.277 e. The van der Waals surface area contributed by atoms with Crippen molar-refractivity contribution in [1.82, 2.24) is 15.1 Å². The number of aryl methyl sites for hydroxylation is 1. The van der Waals surface area contributed by atoms with Crippen LogP contribution in [0.5, 0.6) is 0 Å². The number of thioether (sulfide) groups is 1. The molecule has 8 nitrogen and oxygen atoms in total. The first-order chi connectivity index (χ1) is 17.1. The molecule has 0 bridgehead atoms. The van der Waals surface area contributed by atoms with Gasteiger partial charge < -0.3 is 19.1 Å². The van der Waals surface area contributed by atoms with Crippen LogP contribution in [0, 0.1) is 6.92 Å². The minimum Gasteiger partial charge on any atom is -0.469 e. The third-order valence-corrected chi connectivity index (χ3v) is 6.78. The maximum absolute atomic E-state index is 12.4. The lowest BCUT2D eigenvalue weighted by atomic mass is 10.2. The third-order valence-electron chi connectivity index (χ3n) is 5.96. The maximum Gasteiger partial charge on any atom is 0.277 e. The van der Waals surface area contributed by atoms with E-state index in [1.165, 1.54) is 23.0 Å². The lowest BCUT2D eigenvalue weighted by Crippen LogP contribution is -2.45. The van der Waals surface area contributed by atoms with Crippen molar-refractivity contribution in [3.8, 4) is 11.5 Å². The van der Waals surface area contributed by atoms with Crippen molar-refractivity contribution in [3.63, 3.8) is 0 Å². The molecule has 0 atom stereocenters. The summed E-state index contributed by atoms with van der Waals surface area (Å²) in [5.41, 5.74) is 4.05. The van der Waals surface area contributed by atoms with Crippen molar-refractivity contribution in [1.29, 1.82) is 0 Å². The van der Waals surface area contributed by atoms with Gasteiger partial charge >= 0.3 is 0 Å². The molecule has 3 heterocycles. The van der Waals surface area contributed by atoms with E-state index in [4.69, 9.17) is 8.83 Å². The average Bonchev–Trinajstić information content (AvgIpc) is 3.53. The van der Waals surface area contributed by atoms with E-state index < -0.39 is 0 Å². The van der Waals surface area contributed by atoms with E-state index in [1.54, 1.807) is 12.3 Å². The molecular formula is C26H27N5O3S. The van der Waals surface area contributed by atoms with E-state index >= 15 is 0 Å². The number of nitrogens with zero attached hydrogens (tertiary/aromatic N) is 4. The number of anilines is 2. The van der Waals surface area contributed by atoms with E-state index in [2.05, 4.69) is 67.8 Å². The summed E-state index contributed by atoms with van der Waals surface area (Å²) in [7, 11) is 0. The number of piperazine rings is 1. The second-order valence-electron chi connectivity index (χ2n) is 8.40. The summed E-state index contributed by atoms with van der Waals surface area (Å²) in [6.45, 7) is 6.85. The molecule has 180 valence electrons. The number of hydrogen-bond donors (Lipinski definition) is 1. The van der Waals surface area contributed by atoms with Crippen molar-refractivity contribution in [2.75, 3.05) is 42.1 Å². The summed E-state index contributed by atoms with van der Waals surface area (Å²) < 4.78 is 10.9. The van der Waals surface area contributed by atoms with Crippen LogP contribution < -0.4 is 10.2 Å². The molecule has 35 heavy (non-hydrogen) atoms. The van der Waals surface area contributed by atoms with Gasteiger partial charge in [0.1, 0.15) is 5.76 Å². The van der Waals surface area contributed by atoms with E-state index in [1.807, 2.05) is 19.1 Å². The van der Waals surface area contributed by atoms with Crippen LogP contribution in [-0.4, -0.2) is 52.9 Å². The molecule has 0 spiro atoms. The Kier molecular flexibility index (Phi) is 7.15. The number of amides is 1. The van der Waals surface area contributed by atoms with E-state index in [9.17, 15) is 4.79 Å². The lowest BCUT2D eigenvalue weighted by Gasteiger charge is -2.36. The molecule has 9 heteroatoms. The molecule has 1 N–H and O–H groups in total. The number of aromatic nitrogens is 2. The monoisotopic (exact) mass is 489 g/mol. The fourth-order valence-electron chi connectivity index (χ4n) is 4.07. The number of rotatable bonds is 8.